The number of nitro benzene ring substituents is 1. The fraction of sp³-hybridized carbons (Fsp3) is 0.267. The van der Waals surface area contributed by atoms with Gasteiger partial charge >= 0.3 is 0 Å². The average molecular weight is 271 g/mol. The van der Waals surface area contributed by atoms with Crippen molar-refractivity contribution in [3.8, 4) is 0 Å². The Bertz CT molecular complexity index is 599. The van der Waals surface area contributed by atoms with Crippen molar-refractivity contribution in [2.75, 3.05) is 0 Å². The van der Waals surface area contributed by atoms with Crippen LogP contribution in [-0.4, -0.2) is 9.91 Å². The van der Waals surface area contributed by atoms with Gasteiger partial charge in [-0.25, -0.2) is 0 Å². The summed E-state index contributed by atoms with van der Waals surface area (Å²) in [5.41, 5.74) is 2.76. The van der Waals surface area contributed by atoms with Crippen LogP contribution in [0.3, 0.4) is 0 Å². The molecule has 2 rings (SSSR count). The Kier molecular flexibility index (Phi) is 4.42. The molecule has 0 fully saturated rings. The van der Waals surface area contributed by atoms with E-state index in [1.54, 1.807) is 19.2 Å². The lowest BCUT2D eigenvalue weighted by Gasteiger charge is -2.14. The molecule has 1 aromatic carbocycles. The highest BCUT2D eigenvalue weighted by Crippen LogP contribution is 2.21. The van der Waals surface area contributed by atoms with Gasteiger partial charge in [0.25, 0.3) is 5.69 Å². The van der Waals surface area contributed by atoms with Crippen LogP contribution in [0.5, 0.6) is 0 Å². The van der Waals surface area contributed by atoms with Crippen molar-refractivity contribution < 1.29 is 4.92 Å². The average Bonchev–Trinajstić information content (AvgIpc) is 2.46. The Balaban J connectivity index is 2.08. The van der Waals surface area contributed by atoms with Gasteiger partial charge in [-0.05, 0) is 31.5 Å². The molecule has 1 aromatic heterocycles. The van der Waals surface area contributed by atoms with E-state index in [4.69, 9.17) is 0 Å². The van der Waals surface area contributed by atoms with Gasteiger partial charge in [0.2, 0.25) is 0 Å². The summed E-state index contributed by atoms with van der Waals surface area (Å²) in [6.07, 6.45) is 1.76. The third-order valence-electron chi connectivity index (χ3n) is 3.34. The predicted molar refractivity (Wildman–Crippen MR) is 77.3 cm³/mol. The molecule has 1 atom stereocenters. The fourth-order valence-corrected chi connectivity index (χ4v) is 2.06. The molecule has 0 bridgehead atoms. The number of pyridine rings is 1. The zero-order valence-corrected chi connectivity index (χ0v) is 11.5. The second kappa shape index (κ2) is 6.25. The lowest BCUT2D eigenvalue weighted by atomic mass is 10.1. The maximum Gasteiger partial charge on any atom is 0.272 e. The smallest absolute Gasteiger partial charge is 0.272 e. The van der Waals surface area contributed by atoms with Crippen LogP contribution in [0.25, 0.3) is 0 Å². The molecule has 0 aliphatic rings. The van der Waals surface area contributed by atoms with Crippen LogP contribution in [0.2, 0.25) is 0 Å². The van der Waals surface area contributed by atoms with Gasteiger partial charge in [-0.1, -0.05) is 18.2 Å². The van der Waals surface area contributed by atoms with Gasteiger partial charge in [0, 0.05) is 30.4 Å². The van der Waals surface area contributed by atoms with E-state index in [1.807, 2.05) is 31.2 Å². The minimum Gasteiger partial charge on any atom is -0.305 e. The van der Waals surface area contributed by atoms with Gasteiger partial charge in [-0.3, -0.25) is 15.1 Å². The first-order valence-corrected chi connectivity index (χ1v) is 6.47. The summed E-state index contributed by atoms with van der Waals surface area (Å²) in [7, 11) is 0. The van der Waals surface area contributed by atoms with Crippen molar-refractivity contribution in [1.82, 2.24) is 10.3 Å². The van der Waals surface area contributed by atoms with E-state index in [1.165, 1.54) is 6.07 Å². The summed E-state index contributed by atoms with van der Waals surface area (Å²) in [6.45, 7) is 4.38. The fourth-order valence-electron chi connectivity index (χ4n) is 2.06. The molecule has 0 aliphatic heterocycles. The molecule has 0 radical (unpaired) electrons. The first-order valence-electron chi connectivity index (χ1n) is 6.47. The quantitative estimate of drug-likeness (QED) is 0.670. The predicted octanol–water partition coefficient (Wildman–Crippen LogP) is 3.15. The highest BCUT2D eigenvalue weighted by atomic mass is 16.6. The molecule has 0 spiro atoms. The van der Waals surface area contributed by atoms with E-state index in [2.05, 4.69) is 10.3 Å². The number of aromatic nitrogens is 1. The first-order chi connectivity index (χ1) is 9.59. The number of nitrogens with one attached hydrogen (secondary N) is 1. The topological polar surface area (TPSA) is 68.1 Å². The maximum atomic E-state index is 10.9. The van der Waals surface area contributed by atoms with E-state index in [0.717, 1.165) is 11.3 Å². The van der Waals surface area contributed by atoms with E-state index >= 15 is 0 Å². The second-order valence-electron chi connectivity index (χ2n) is 4.68. The molecule has 1 N–H and O–H groups in total. The van der Waals surface area contributed by atoms with Crippen molar-refractivity contribution in [3.05, 3.63) is 69.5 Å². The molecule has 104 valence electrons. The molecule has 0 saturated heterocycles. The molecule has 0 aliphatic carbocycles. The summed E-state index contributed by atoms with van der Waals surface area (Å²) in [5.74, 6) is 0. The van der Waals surface area contributed by atoms with Gasteiger partial charge in [0.1, 0.15) is 0 Å². The molecule has 0 saturated carbocycles. The Morgan fingerprint density at radius 2 is 2.10 bits per heavy atom. The molecular weight excluding hydrogens is 254 g/mol. The van der Waals surface area contributed by atoms with Crippen LogP contribution < -0.4 is 5.32 Å². The molecule has 0 amide bonds. The van der Waals surface area contributed by atoms with E-state index in [0.29, 0.717) is 12.1 Å². The van der Waals surface area contributed by atoms with Crippen LogP contribution in [0.15, 0.2) is 42.6 Å². The summed E-state index contributed by atoms with van der Waals surface area (Å²) in [5, 5.41) is 14.2. The van der Waals surface area contributed by atoms with Crippen molar-refractivity contribution in [3.63, 3.8) is 0 Å². The van der Waals surface area contributed by atoms with Gasteiger partial charge in [0.15, 0.2) is 0 Å². The Morgan fingerprint density at radius 1 is 1.30 bits per heavy atom. The van der Waals surface area contributed by atoms with Crippen LogP contribution in [0.1, 0.15) is 29.8 Å². The van der Waals surface area contributed by atoms with Crippen molar-refractivity contribution in [1.29, 1.82) is 0 Å². The number of hydrogen-bond donors (Lipinski definition) is 1. The summed E-state index contributed by atoms with van der Waals surface area (Å²) in [4.78, 5) is 14.9. The standard InChI is InChI=1S/C15H17N3O2/c1-11-13(6-5-8-15(11)18(19)20)10-17-12(2)14-7-3-4-9-16-14/h3-9,12,17H,10H2,1-2H3/t12-/m0/s1. The third kappa shape index (κ3) is 3.19. The first kappa shape index (κ1) is 14.1. The Labute approximate surface area is 117 Å². The Hall–Kier alpha value is -2.27. The summed E-state index contributed by atoms with van der Waals surface area (Å²) >= 11 is 0. The lowest BCUT2D eigenvalue weighted by Crippen LogP contribution is -2.19. The molecule has 0 unspecified atom stereocenters. The van der Waals surface area contributed by atoms with E-state index < -0.39 is 0 Å². The molecule has 5 nitrogen and oxygen atoms in total. The highest BCUT2D eigenvalue weighted by molar-refractivity contribution is 5.44. The molecule has 2 aromatic rings. The minimum absolute atomic E-state index is 0.0925. The lowest BCUT2D eigenvalue weighted by molar-refractivity contribution is -0.385. The van der Waals surface area contributed by atoms with Crippen molar-refractivity contribution in [2.24, 2.45) is 0 Å². The van der Waals surface area contributed by atoms with Gasteiger partial charge < -0.3 is 5.32 Å². The second-order valence-corrected chi connectivity index (χ2v) is 4.68. The van der Waals surface area contributed by atoms with Crippen molar-refractivity contribution >= 4 is 5.69 Å². The van der Waals surface area contributed by atoms with Gasteiger partial charge in [0.05, 0.1) is 10.6 Å². The van der Waals surface area contributed by atoms with Crippen LogP contribution >= 0.6 is 0 Å². The number of hydrogen-bond acceptors (Lipinski definition) is 4. The maximum absolute atomic E-state index is 10.9. The van der Waals surface area contributed by atoms with Gasteiger partial charge in [-0.2, -0.15) is 0 Å². The molecule has 5 heteroatoms. The monoisotopic (exact) mass is 271 g/mol. The van der Waals surface area contributed by atoms with Crippen LogP contribution in [-0.2, 0) is 6.54 Å². The van der Waals surface area contributed by atoms with Crippen LogP contribution in [0.4, 0.5) is 5.69 Å². The van der Waals surface area contributed by atoms with Crippen molar-refractivity contribution in [2.45, 2.75) is 26.4 Å². The zero-order chi connectivity index (χ0) is 14.5. The number of nitrogens with zero attached hydrogens (tertiary/aromatic N) is 2. The van der Waals surface area contributed by atoms with Crippen LogP contribution in [0, 0.1) is 17.0 Å². The minimum atomic E-state index is -0.346. The van der Waals surface area contributed by atoms with E-state index in [9.17, 15) is 10.1 Å². The number of benzene rings is 1. The molecule has 1 heterocycles. The molecular formula is C15H17N3O2. The molecule has 20 heavy (non-hydrogen) atoms. The largest absolute Gasteiger partial charge is 0.305 e. The summed E-state index contributed by atoms with van der Waals surface area (Å²) < 4.78 is 0. The highest BCUT2D eigenvalue weighted by Gasteiger charge is 2.13. The Morgan fingerprint density at radius 3 is 2.75 bits per heavy atom. The number of nitro groups is 1. The summed E-state index contributed by atoms with van der Waals surface area (Å²) in [6, 6.07) is 11.0. The normalized spacial score (nSPS) is 12.1. The third-order valence-corrected chi connectivity index (χ3v) is 3.34. The SMILES string of the molecule is Cc1c(CN[C@@H](C)c2ccccn2)cccc1[N+](=O)[O-]. The number of rotatable bonds is 5. The zero-order valence-electron chi connectivity index (χ0n) is 11.5. The van der Waals surface area contributed by atoms with E-state index in [-0.39, 0.29) is 16.7 Å². The van der Waals surface area contributed by atoms with Gasteiger partial charge in [-0.15, -0.1) is 0 Å².